The molecule has 103 heavy (non-hydrogen) atoms. The lowest BCUT2D eigenvalue weighted by Gasteiger charge is -2.36. The molecule has 0 unspecified atom stereocenters. The zero-order valence-electron chi connectivity index (χ0n) is 58.1. The molecule has 10 aromatic rings. The number of methoxy groups -OCH3 is 1. The molecule has 5 aromatic carbocycles. The van der Waals surface area contributed by atoms with Crippen molar-refractivity contribution in [2.75, 3.05) is 142 Å². The third-order valence-corrected chi connectivity index (χ3v) is 19.4. The number of hydrogen-bond acceptors (Lipinski definition) is 20. The number of ether oxygens (including phenoxy) is 1. The monoisotopic (exact) mass is 1420 g/mol. The van der Waals surface area contributed by atoms with Crippen molar-refractivity contribution >= 4 is 95.9 Å². The molecule has 0 saturated carbocycles. The summed E-state index contributed by atoms with van der Waals surface area (Å²) in [7, 11) is 9.26. The number of amides is 3. The Morgan fingerprint density at radius 1 is 0.495 bits per heavy atom. The van der Waals surface area contributed by atoms with Crippen LogP contribution in [0.4, 0.5) is 34.1 Å². The van der Waals surface area contributed by atoms with Gasteiger partial charge in [-0.15, -0.1) is 11.3 Å². The molecule has 0 spiro atoms. The number of carbonyl (C=O) groups excluding carboxylic acids is 3. The van der Waals surface area contributed by atoms with Crippen LogP contribution in [0.3, 0.4) is 0 Å². The fourth-order valence-corrected chi connectivity index (χ4v) is 14.1. The second-order valence-electron chi connectivity index (χ2n) is 25.7. The number of hydrogen-bond donors (Lipinski definition) is 0. The Bertz CT molecular complexity index is 4940. The molecule has 13 rings (SSSR count). The number of nitrogens with zero attached hydrogens (tertiary/aromatic N) is 14. The molecule has 0 N–H and O–H groups in total. The van der Waals surface area contributed by atoms with Gasteiger partial charge in [0.05, 0.1) is 56.1 Å². The fourth-order valence-electron chi connectivity index (χ4n) is 13.4. The number of pyridine rings is 3. The SMILES string of the molecule is CN(C)CCCn1c(=O)c([N+](=O)[O-])c(N2CCN(C(=O)c3cccs3)CC2)c2ccccc21.COc1ccc(C(=O)N2CCN(c3c([N+](=O)[O-])c(=O)n(CCN(C)C)c4ccccc34)CC2)cc1.Cc1ccc2c(c1)c(N1CCN(C(=O)c3ccco3)CC1)c([N+](=O)[O-])c(=O)n2Cc1ccccc1. The Hall–Kier alpha value is -11.6. The highest BCUT2D eigenvalue weighted by Crippen LogP contribution is 2.38. The minimum Gasteiger partial charge on any atom is -0.497 e. The van der Waals surface area contributed by atoms with Gasteiger partial charge in [0.2, 0.25) is 0 Å². The minimum absolute atomic E-state index is 0.0275. The average Bonchev–Trinajstić information content (AvgIpc) is 1.55. The van der Waals surface area contributed by atoms with Gasteiger partial charge in [0.1, 0.15) is 22.8 Å². The molecule has 3 saturated heterocycles. The largest absolute Gasteiger partial charge is 0.497 e. The van der Waals surface area contributed by atoms with Gasteiger partial charge in [0.25, 0.3) is 17.7 Å². The molecule has 3 amide bonds. The lowest BCUT2D eigenvalue weighted by atomic mass is 10.1. The number of furan rings is 1. The summed E-state index contributed by atoms with van der Waals surface area (Å²) in [4.78, 5) is 129. The standard InChI is InChI=1S/C26H24N4O5.C25H29N5O5.C23H27N5O4S/c1-18-9-10-21-20(16-18)23(27-11-13-28(14-12-27)25(31)22-8-5-15-35-22)24(30(33)34)26(32)29(21)17-19-6-3-2-4-7-19;1-26(2)12-17-29-21-7-5-4-6-20(21)22(23(25(29)32)30(33)34)27-13-15-28(16-14-27)24(31)18-8-10-19(35-3)11-9-18;1-24(2)10-6-11-27-18-8-4-3-7-17(18)20(21(23(27)30)28(31)32)25-12-14-26(15-13-25)22(29)19-9-5-16-33-19/h2-10,15-16H,11-14,17H2,1H3;4-11H,12-17H2,1-3H3;3-5,7-9,16H,6,10-15H2,1-2H3. The molecular weight excluding hydrogens is 1340 g/mol. The van der Waals surface area contributed by atoms with Gasteiger partial charge in [-0.25, -0.2) is 0 Å². The maximum absolute atomic E-state index is 13.5. The first-order valence-electron chi connectivity index (χ1n) is 33.7. The highest BCUT2D eigenvalue weighted by molar-refractivity contribution is 7.12. The third kappa shape index (κ3) is 16.0. The fraction of sp³-hybridized carbons (Fsp3) is 0.324. The minimum atomic E-state index is -0.640. The number of thiophene rings is 1. The van der Waals surface area contributed by atoms with Crippen molar-refractivity contribution in [3.63, 3.8) is 0 Å². The number of carbonyl (C=O) groups is 3. The van der Waals surface area contributed by atoms with Crippen LogP contribution in [0.2, 0.25) is 0 Å². The molecule has 8 heterocycles. The maximum Gasteiger partial charge on any atom is 0.357 e. The van der Waals surface area contributed by atoms with Gasteiger partial charge < -0.3 is 57.5 Å². The Morgan fingerprint density at radius 2 is 0.961 bits per heavy atom. The first-order valence-corrected chi connectivity index (χ1v) is 34.6. The van der Waals surface area contributed by atoms with E-state index >= 15 is 0 Å². The predicted octanol–water partition coefficient (Wildman–Crippen LogP) is 9.15. The Kier molecular flexibility index (Phi) is 22.9. The molecule has 536 valence electrons. The second kappa shape index (κ2) is 32.4. The van der Waals surface area contributed by atoms with Crippen molar-refractivity contribution in [1.29, 1.82) is 0 Å². The quantitative estimate of drug-likeness (QED) is 0.0538. The van der Waals surface area contributed by atoms with Crippen LogP contribution >= 0.6 is 11.3 Å². The normalized spacial score (nSPS) is 14.0. The predicted molar refractivity (Wildman–Crippen MR) is 397 cm³/mol. The number of para-hydroxylation sites is 2. The maximum atomic E-state index is 13.5. The van der Waals surface area contributed by atoms with Crippen LogP contribution in [0.15, 0.2) is 176 Å². The smallest absolute Gasteiger partial charge is 0.357 e. The molecule has 0 atom stereocenters. The van der Waals surface area contributed by atoms with Crippen molar-refractivity contribution < 1.29 is 38.3 Å². The number of rotatable bonds is 19. The van der Waals surface area contributed by atoms with E-state index in [4.69, 9.17) is 9.15 Å². The summed E-state index contributed by atoms with van der Waals surface area (Å²) >= 11 is 1.40. The third-order valence-electron chi connectivity index (χ3n) is 18.6. The Labute approximate surface area is 596 Å². The summed E-state index contributed by atoms with van der Waals surface area (Å²) in [6.07, 6.45) is 2.16. The first-order chi connectivity index (χ1) is 49.6. The summed E-state index contributed by atoms with van der Waals surface area (Å²) in [5.74, 6) is 0.578. The van der Waals surface area contributed by atoms with Crippen molar-refractivity contribution in [2.45, 2.75) is 33.0 Å². The molecule has 29 heteroatoms. The summed E-state index contributed by atoms with van der Waals surface area (Å²) in [5, 5.41) is 40.3. The van der Waals surface area contributed by atoms with Crippen LogP contribution in [0, 0.1) is 37.3 Å². The number of piperazine rings is 3. The van der Waals surface area contributed by atoms with E-state index in [1.54, 1.807) is 64.3 Å². The summed E-state index contributed by atoms with van der Waals surface area (Å²) < 4.78 is 14.9. The Morgan fingerprint density at radius 3 is 1.44 bits per heavy atom. The van der Waals surface area contributed by atoms with Gasteiger partial charge in [-0.1, -0.05) is 84.4 Å². The van der Waals surface area contributed by atoms with E-state index in [-0.39, 0.29) is 30.0 Å². The van der Waals surface area contributed by atoms with Gasteiger partial charge in [0.15, 0.2) is 5.76 Å². The lowest BCUT2D eigenvalue weighted by molar-refractivity contribution is -0.385. The van der Waals surface area contributed by atoms with Crippen LogP contribution in [-0.2, 0) is 19.6 Å². The number of aromatic nitrogens is 3. The van der Waals surface area contributed by atoms with Crippen molar-refractivity contribution in [3.05, 3.63) is 246 Å². The van der Waals surface area contributed by atoms with E-state index in [0.717, 1.165) is 17.7 Å². The summed E-state index contributed by atoms with van der Waals surface area (Å²) in [5.41, 5.74) is 2.28. The molecule has 28 nitrogen and oxygen atoms in total. The highest BCUT2D eigenvalue weighted by atomic mass is 32.1. The van der Waals surface area contributed by atoms with E-state index in [0.29, 0.717) is 171 Å². The van der Waals surface area contributed by atoms with E-state index in [1.165, 1.54) is 31.3 Å². The number of fused-ring (bicyclic) bond motifs is 3. The number of benzene rings is 5. The second-order valence-corrected chi connectivity index (χ2v) is 26.6. The number of aryl methyl sites for hydroxylation is 2. The molecule has 3 aliphatic rings. The van der Waals surface area contributed by atoms with Crippen LogP contribution in [-0.4, -0.2) is 198 Å². The van der Waals surface area contributed by atoms with E-state index < -0.39 is 48.5 Å². The number of anilines is 3. The topological polar surface area (TPSA) is 295 Å². The molecule has 0 aliphatic carbocycles. The number of likely N-dealkylation sites (N-methyl/N-ethyl adjacent to an activating group) is 1. The van der Waals surface area contributed by atoms with Gasteiger partial charge in [-0.3, -0.25) is 63.7 Å². The van der Waals surface area contributed by atoms with E-state index in [1.807, 2.05) is 168 Å². The zero-order valence-corrected chi connectivity index (χ0v) is 58.9. The zero-order chi connectivity index (χ0) is 73.2. The summed E-state index contributed by atoms with van der Waals surface area (Å²) in [6.45, 7) is 8.95. The van der Waals surface area contributed by atoms with E-state index in [9.17, 15) is 59.1 Å². The van der Waals surface area contributed by atoms with Gasteiger partial charge in [-0.05, 0) is 126 Å². The number of nitro groups is 3. The van der Waals surface area contributed by atoms with Crippen LogP contribution < -0.4 is 36.1 Å². The molecular formula is C74H80N14O14S. The van der Waals surface area contributed by atoms with Gasteiger partial charge in [-0.2, -0.15) is 0 Å². The lowest BCUT2D eigenvalue weighted by Crippen LogP contribution is -2.49. The van der Waals surface area contributed by atoms with Crippen LogP contribution in [0.5, 0.6) is 5.75 Å². The van der Waals surface area contributed by atoms with Crippen molar-refractivity contribution in [1.82, 2.24) is 38.2 Å². The first kappa shape index (κ1) is 72.7. The van der Waals surface area contributed by atoms with Crippen molar-refractivity contribution in [3.8, 4) is 5.75 Å². The average molecular weight is 1420 g/mol. The Balaban J connectivity index is 0.000000155. The van der Waals surface area contributed by atoms with Gasteiger partial charge in [0, 0.05) is 120 Å². The van der Waals surface area contributed by atoms with Crippen LogP contribution in [0.25, 0.3) is 32.7 Å². The molecule has 3 fully saturated rings. The van der Waals surface area contributed by atoms with E-state index in [2.05, 4.69) is 0 Å². The molecule has 3 aliphatic heterocycles. The molecule has 0 radical (unpaired) electrons. The van der Waals surface area contributed by atoms with Gasteiger partial charge >= 0.3 is 33.7 Å². The van der Waals surface area contributed by atoms with Crippen molar-refractivity contribution in [2.24, 2.45) is 0 Å². The highest BCUT2D eigenvalue weighted by Gasteiger charge is 2.37. The van der Waals surface area contributed by atoms with Crippen LogP contribution in [0.1, 0.15) is 48.1 Å². The summed E-state index contributed by atoms with van der Waals surface area (Å²) in [6, 6.07) is 43.5. The molecule has 5 aromatic heterocycles. The molecule has 0 bridgehead atoms.